The molecule has 0 saturated carbocycles. The van der Waals surface area contributed by atoms with E-state index in [1.165, 1.54) is 0 Å². The summed E-state index contributed by atoms with van der Waals surface area (Å²) >= 11 is 5.89. The van der Waals surface area contributed by atoms with Crippen LogP contribution in [0.2, 0.25) is 5.02 Å². The van der Waals surface area contributed by atoms with E-state index in [-0.39, 0.29) is 6.04 Å². The molecule has 2 rings (SSSR count). The van der Waals surface area contributed by atoms with E-state index in [4.69, 9.17) is 11.6 Å². The largest absolute Gasteiger partial charge is 0.309 e. The molecule has 0 aliphatic rings. The normalized spacial score (nSPS) is 12.6. The lowest BCUT2D eigenvalue weighted by Gasteiger charge is -2.17. The fourth-order valence-corrected chi connectivity index (χ4v) is 2.26. The lowest BCUT2D eigenvalue weighted by molar-refractivity contribution is 0.491. The molecular weight excluding hydrogens is 274 g/mol. The van der Waals surface area contributed by atoms with E-state index < -0.39 is 0 Å². The van der Waals surface area contributed by atoms with Crippen molar-refractivity contribution in [3.63, 3.8) is 0 Å². The highest BCUT2D eigenvalue weighted by Crippen LogP contribution is 2.17. The maximum Gasteiger partial charge on any atom is 0.138 e. The first-order valence-corrected chi connectivity index (χ1v) is 7.33. The topological polar surface area (TPSA) is 55.6 Å². The zero-order valence-corrected chi connectivity index (χ0v) is 12.6. The Morgan fingerprint density at radius 3 is 2.80 bits per heavy atom. The predicted molar refractivity (Wildman–Crippen MR) is 79.7 cm³/mol. The van der Waals surface area contributed by atoms with Gasteiger partial charge in [-0.25, -0.2) is 4.98 Å². The first-order valence-electron chi connectivity index (χ1n) is 6.96. The van der Waals surface area contributed by atoms with Crippen LogP contribution in [0.3, 0.4) is 0 Å². The number of hydrogen-bond donors (Lipinski definition) is 1. The van der Waals surface area contributed by atoms with Gasteiger partial charge >= 0.3 is 0 Å². The van der Waals surface area contributed by atoms with E-state index in [1.54, 1.807) is 12.5 Å². The lowest BCUT2D eigenvalue weighted by Crippen LogP contribution is -2.25. The van der Waals surface area contributed by atoms with Gasteiger partial charge in [-0.05, 0) is 25.1 Å². The number of hydrogen-bond acceptors (Lipinski definition) is 4. The minimum absolute atomic E-state index is 0.122. The van der Waals surface area contributed by atoms with Crippen molar-refractivity contribution in [3.8, 4) is 0 Å². The number of halogens is 1. The van der Waals surface area contributed by atoms with E-state index in [2.05, 4.69) is 34.2 Å². The first kappa shape index (κ1) is 14.9. The molecule has 1 atom stereocenters. The maximum absolute atomic E-state index is 5.89. The van der Waals surface area contributed by atoms with Crippen LogP contribution < -0.4 is 5.32 Å². The van der Waals surface area contributed by atoms with E-state index >= 15 is 0 Å². The van der Waals surface area contributed by atoms with Crippen molar-refractivity contribution in [2.75, 3.05) is 6.54 Å². The Kier molecular flexibility index (Phi) is 5.49. The average Bonchev–Trinajstić information content (AvgIpc) is 2.87. The summed E-state index contributed by atoms with van der Waals surface area (Å²) in [5, 5.41) is 8.35. The van der Waals surface area contributed by atoms with Crippen molar-refractivity contribution in [2.45, 2.75) is 39.3 Å². The summed E-state index contributed by atoms with van der Waals surface area (Å²) in [7, 11) is 0. The molecule has 0 bridgehead atoms. The quantitative estimate of drug-likeness (QED) is 0.852. The molecule has 6 heteroatoms. The lowest BCUT2D eigenvalue weighted by atomic mass is 10.1. The van der Waals surface area contributed by atoms with Crippen molar-refractivity contribution in [3.05, 3.63) is 41.2 Å². The molecule has 0 aromatic carbocycles. The second-order valence-corrected chi connectivity index (χ2v) is 5.05. The summed E-state index contributed by atoms with van der Waals surface area (Å²) in [6, 6.07) is 3.94. The van der Waals surface area contributed by atoms with Gasteiger partial charge in [-0.15, -0.1) is 0 Å². The summed E-state index contributed by atoms with van der Waals surface area (Å²) in [6.45, 7) is 5.98. The van der Waals surface area contributed by atoms with Gasteiger partial charge in [-0.3, -0.25) is 9.67 Å². The Morgan fingerprint density at radius 2 is 2.15 bits per heavy atom. The minimum atomic E-state index is 0.122. The number of aryl methyl sites for hydroxylation is 1. The van der Waals surface area contributed by atoms with Gasteiger partial charge < -0.3 is 5.32 Å². The Labute approximate surface area is 124 Å². The zero-order chi connectivity index (χ0) is 14.4. The van der Waals surface area contributed by atoms with Gasteiger partial charge in [-0.2, -0.15) is 5.10 Å². The summed E-state index contributed by atoms with van der Waals surface area (Å²) < 4.78 is 1.96. The SMILES string of the molecule is CCCn1ncnc1CC(NCC)c1ccc(Cl)cn1. The molecule has 0 amide bonds. The van der Waals surface area contributed by atoms with Crippen molar-refractivity contribution in [2.24, 2.45) is 0 Å². The third-order valence-electron chi connectivity index (χ3n) is 3.08. The number of nitrogens with zero attached hydrogens (tertiary/aromatic N) is 4. The van der Waals surface area contributed by atoms with Crippen molar-refractivity contribution >= 4 is 11.6 Å². The van der Waals surface area contributed by atoms with Crippen LogP contribution in [0.15, 0.2) is 24.7 Å². The highest BCUT2D eigenvalue weighted by atomic mass is 35.5. The molecule has 5 nitrogen and oxygen atoms in total. The van der Waals surface area contributed by atoms with Gasteiger partial charge in [0.1, 0.15) is 12.2 Å². The molecule has 2 heterocycles. The van der Waals surface area contributed by atoms with Crippen LogP contribution in [0.1, 0.15) is 37.8 Å². The molecule has 0 radical (unpaired) electrons. The van der Waals surface area contributed by atoms with Gasteiger partial charge in [0.15, 0.2) is 0 Å². The number of pyridine rings is 1. The third kappa shape index (κ3) is 3.77. The third-order valence-corrected chi connectivity index (χ3v) is 3.30. The first-order chi connectivity index (χ1) is 9.74. The van der Waals surface area contributed by atoms with Crippen LogP contribution in [0.4, 0.5) is 0 Å². The Morgan fingerprint density at radius 1 is 1.30 bits per heavy atom. The van der Waals surface area contributed by atoms with Gasteiger partial charge in [0, 0.05) is 19.2 Å². The summed E-state index contributed by atoms with van der Waals surface area (Å²) in [5.41, 5.74) is 0.974. The molecule has 20 heavy (non-hydrogen) atoms. The molecular formula is C14H20ClN5. The highest BCUT2D eigenvalue weighted by molar-refractivity contribution is 6.30. The maximum atomic E-state index is 5.89. The number of likely N-dealkylation sites (N-methyl/N-ethyl adjacent to an activating group) is 1. The second kappa shape index (κ2) is 7.36. The van der Waals surface area contributed by atoms with Crippen LogP contribution in [0.5, 0.6) is 0 Å². The van der Waals surface area contributed by atoms with Crippen LogP contribution in [-0.2, 0) is 13.0 Å². The minimum Gasteiger partial charge on any atom is -0.309 e. The van der Waals surface area contributed by atoms with E-state index in [0.717, 1.165) is 37.4 Å². The molecule has 0 aliphatic heterocycles. The van der Waals surface area contributed by atoms with Crippen LogP contribution >= 0.6 is 11.6 Å². The molecule has 0 fully saturated rings. The molecule has 2 aromatic rings. The standard InChI is InChI=1S/C14H20ClN5/c1-3-7-20-14(18-10-19-20)8-13(16-4-2)12-6-5-11(15)9-17-12/h5-6,9-10,13,16H,3-4,7-8H2,1-2H3. The van der Waals surface area contributed by atoms with E-state index in [0.29, 0.717) is 5.02 Å². The van der Waals surface area contributed by atoms with Crippen molar-refractivity contribution in [1.82, 2.24) is 25.1 Å². The Hall–Kier alpha value is -1.46. The number of rotatable bonds is 7. The van der Waals surface area contributed by atoms with Crippen LogP contribution in [0, 0.1) is 0 Å². The van der Waals surface area contributed by atoms with Gasteiger partial charge in [0.05, 0.1) is 16.8 Å². The van der Waals surface area contributed by atoms with Crippen molar-refractivity contribution < 1.29 is 0 Å². The fraction of sp³-hybridized carbons (Fsp3) is 0.500. The predicted octanol–water partition coefficient (Wildman–Crippen LogP) is 2.63. The highest BCUT2D eigenvalue weighted by Gasteiger charge is 2.16. The molecule has 1 N–H and O–H groups in total. The molecule has 0 saturated heterocycles. The van der Waals surface area contributed by atoms with E-state index in [9.17, 15) is 0 Å². The number of aromatic nitrogens is 4. The molecule has 0 spiro atoms. The van der Waals surface area contributed by atoms with Crippen molar-refractivity contribution in [1.29, 1.82) is 0 Å². The smallest absolute Gasteiger partial charge is 0.138 e. The second-order valence-electron chi connectivity index (χ2n) is 4.62. The molecule has 0 aliphatic carbocycles. The molecule has 108 valence electrons. The van der Waals surface area contributed by atoms with Gasteiger partial charge in [0.2, 0.25) is 0 Å². The van der Waals surface area contributed by atoms with E-state index in [1.807, 2.05) is 16.8 Å². The molecule has 1 unspecified atom stereocenters. The van der Waals surface area contributed by atoms with Gasteiger partial charge in [-0.1, -0.05) is 25.4 Å². The van der Waals surface area contributed by atoms with Crippen LogP contribution in [-0.4, -0.2) is 26.3 Å². The van der Waals surface area contributed by atoms with Crippen LogP contribution in [0.25, 0.3) is 0 Å². The Balaban J connectivity index is 2.16. The summed E-state index contributed by atoms with van der Waals surface area (Å²) in [6.07, 6.45) is 5.10. The summed E-state index contributed by atoms with van der Waals surface area (Å²) in [5.74, 6) is 0.981. The average molecular weight is 294 g/mol. The Bertz CT molecular complexity index is 523. The zero-order valence-electron chi connectivity index (χ0n) is 11.9. The molecule has 2 aromatic heterocycles. The van der Waals surface area contributed by atoms with Gasteiger partial charge in [0.25, 0.3) is 0 Å². The fourth-order valence-electron chi connectivity index (χ4n) is 2.15. The number of nitrogens with one attached hydrogen (secondary N) is 1. The monoisotopic (exact) mass is 293 g/mol. The summed E-state index contributed by atoms with van der Waals surface area (Å²) in [4.78, 5) is 8.76.